The second-order valence-electron chi connectivity index (χ2n) is 7.20. The Kier molecular flexibility index (Phi) is 6.11. The van der Waals surface area contributed by atoms with E-state index in [2.05, 4.69) is 15.7 Å². The van der Waals surface area contributed by atoms with Crippen LogP contribution in [0.5, 0.6) is 0 Å². The zero-order valence-electron chi connectivity index (χ0n) is 16.7. The predicted molar refractivity (Wildman–Crippen MR) is 106 cm³/mol. The summed E-state index contributed by atoms with van der Waals surface area (Å²) in [6.07, 6.45) is 3.51. The highest BCUT2D eigenvalue weighted by Gasteiger charge is 2.26. The molecular formula is C20H27N5O3. The van der Waals surface area contributed by atoms with Gasteiger partial charge in [0.05, 0.1) is 18.4 Å². The Morgan fingerprint density at radius 2 is 1.82 bits per heavy atom. The van der Waals surface area contributed by atoms with Gasteiger partial charge in [-0.15, -0.1) is 0 Å². The van der Waals surface area contributed by atoms with Crippen molar-refractivity contribution in [2.75, 3.05) is 25.5 Å². The fourth-order valence-corrected chi connectivity index (χ4v) is 3.48. The van der Waals surface area contributed by atoms with Crippen molar-refractivity contribution in [2.24, 2.45) is 7.05 Å². The number of hydrogen-bond donors (Lipinski definition) is 2. The van der Waals surface area contributed by atoms with Crippen LogP contribution >= 0.6 is 0 Å². The lowest BCUT2D eigenvalue weighted by molar-refractivity contribution is -0.118. The molecule has 1 fully saturated rings. The fourth-order valence-electron chi connectivity index (χ4n) is 3.48. The molecule has 1 aromatic heterocycles. The number of carbonyl (C=O) groups is 2. The number of carbonyl (C=O) groups excluding carboxylic acids is 2. The molecule has 0 bridgehead atoms. The molecule has 8 nitrogen and oxygen atoms in total. The molecule has 3 rings (SSSR count). The first-order chi connectivity index (χ1) is 13.4. The Bertz CT molecular complexity index is 823. The van der Waals surface area contributed by atoms with Crippen LogP contribution in [0.15, 0.2) is 36.7 Å². The maximum atomic E-state index is 12.7. The SMILES string of the molecule is CNC(C(=O)Nc1ccc(C(=O)N2CC(C)OC(C)C2)cc1)c1cnn(C)c1. The summed E-state index contributed by atoms with van der Waals surface area (Å²) in [6, 6.07) is 6.46. The minimum atomic E-state index is -0.508. The summed E-state index contributed by atoms with van der Waals surface area (Å²) >= 11 is 0. The predicted octanol–water partition coefficient (Wildman–Crippen LogP) is 1.57. The van der Waals surface area contributed by atoms with Crippen molar-refractivity contribution in [3.63, 3.8) is 0 Å². The Morgan fingerprint density at radius 1 is 1.18 bits per heavy atom. The average Bonchev–Trinajstić information content (AvgIpc) is 3.07. The van der Waals surface area contributed by atoms with E-state index in [9.17, 15) is 9.59 Å². The lowest BCUT2D eigenvalue weighted by Gasteiger charge is -2.35. The molecule has 0 aliphatic carbocycles. The van der Waals surface area contributed by atoms with Gasteiger partial charge in [0.15, 0.2) is 0 Å². The molecule has 0 spiro atoms. The number of nitrogens with zero attached hydrogens (tertiary/aromatic N) is 3. The van der Waals surface area contributed by atoms with Gasteiger partial charge in [-0.25, -0.2) is 0 Å². The third-order valence-corrected chi connectivity index (χ3v) is 4.72. The Labute approximate surface area is 164 Å². The molecule has 1 aliphatic heterocycles. The van der Waals surface area contributed by atoms with Gasteiger partial charge in [0.2, 0.25) is 5.91 Å². The summed E-state index contributed by atoms with van der Waals surface area (Å²) in [5.41, 5.74) is 2.01. The number of amides is 2. The van der Waals surface area contributed by atoms with E-state index >= 15 is 0 Å². The molecule has 28 heavy (non-hydrogen) atoms. The number of aryl methyl sites for hydroxylation is 1. The molecule has 2 N–H and O–H groups in total. The van der Waals surface area contributed by atoms with E-state index in [1.54, 1.807) is 55.4 Å². The highest BCUT2D eigenvalue weighted by molar-refractivity contribution is 5.97. The number of rotatable bonds is 5. The molecule has 1 aromatic carbocycles. The Hall–Kier alpha value is -2.71. The molecule has 3 atom stereocenters. The summed E-state index contributed by atoms with van der Waals surface area (Å²) in [5, 5.41) is 9.98. The maximum Gasteiger partial charge on any atom is 0.254 e. The third-order valence-electron chi connectivity index (χ3n) is 4.72. The monoisotopic (exact) mass is 385 g/mol. The van der Waals surface area contributed by atoms with Gasteiger partial charge in [-0.2, -0.15) is 5.10 Å². The summed E-state index contributed by atoms with van der Waals surface area (Å²) < 4.78 is 7.34. The smallest absolute Gasteiger partial charge is 0.254 e. The van der Waals surface area contributed by atoms with Crippen molar-refractivity contribution in [3.05, 3.63) is 47.8 Å². The topological polar surface area (TPSA) is 88.5 Å². The molecule has 2 heterocycles. The highest BCUT2D eigenvalue weighted by Crippen LogP contribution is 2.18. The molecular weight excluding hydrogens is 358 g/mol. The van der Waals surface area contributed by atoms with Crippen LogP contribution in [-0.4, -0.2) is 58.8 Å². The van der Waals surface area contributed by atoms with Gasteiger partial charge in [0.1, 0.15) is 6.04 Å². The van der Waals surface area contributed by atoms with Crippen molar-refractivity contribution in [1.82, 2.24) is 20.0 Å². The number of hydrogen-bond acceptors (Lipinski definition) is 5. The minimum Gasteiger partial charge on any atom is -0.372 e. The first kappa shape index (κ1) is 20.0. The highest BCUT2D eigenvalue weighted by atomic mass is 16.5. The second kappa shape index (κ2) is 8.53. The molecule has 1 aliphatic rings. The number of anilines is 1. The maximum absolute atomic E-state index is 12.7. The second-order valence-corrected chi connectivity index (χ2v) is 7.20. The van der Waals surface area contributed by atoms with Gasteiger partial charge >= 0.3 is 0 Å². The number of morpholine rings is 1. The van der Waals surface area contributed by atoms with Gasteiger partial charge in [0.25, 0.3) is 5.91 Å². The lowest BCUT2D eigenvalue weighted by atomic mass is 10.1. The van der Waals surface area contributed by atoms with E-state index in [0.717, 1.165) is 5.56 Å². The minimum absolute atomic E-state index is 0.0247. The first-order valence-electron chi connectivity index (χ1n) is 9.39. The molecule has 1 saturated heterocycles. The van der Waals surface area contributed by atoms with Crippen LogP contribution in [0.2, 0.25) is 0 Å². The largest absolute Gasteiger partial charge is 0.372 e. The molecule has 8 heteroatoms. The van der Waals surface area contributed by atoms with Crippen LogP contribution in [0.4, 0.5) is 5.69 Å². The summed E-state index contributed by atoms with van der Waals surface area (Å²) in [6.45, 7) is 5.09. The fraction of sp³-hybridized carbons (Fsp3) is 0.450. The van der Waals surface area contributed by atoms with Gasteiger partial charge in [-0.1, -0.05) is 0 Å². The van der Waals surface area contributed by atoms with Crippen LogP contribution < -0.4 is 10.6 Å². The van der Waals surface area contributed by atoms with Crippen molar-refractivity contribution < 1.29 is 14.3 Å². The normalized spacial score (nSPS) is 20.6. The van der Waals surface area contributed by atoms with Crippen molar-refractivity contribution in [1.29, 1.82) is 0 Å². The van der Waals surface area contributed by atoms with Crippen molar-refractivity contribution in [2.45, 2.75) is 32.1 Å². The van der Waals surface area contributed by atoms with Gasteiger partial charge in [-0.05, 0) is 45.2 Å². The molecule has 2 amide bonds. The van der Waals surface area contributed by atoms with Crippen LogP contribution in [0.3, 0.4) is 0 Å². The molecule has 2 aromatic rings. The van der Waals surface area contributed by atoms with Crippen LogP contribution in [0.1, 0.15) is 35.8 Å². The van der Waals surface area contributed by atoms with Crippen LogP contribution in [0.25, 0.3) is 0 Å². The first-order valence-corrected chi connectivity index (χ1v) is 9.39. The average molecular weight is 385 g/mol. The van der Waals surface area contributed by atoms with Gasteiger partial charge in [-0.3, -0.25) is 14.3 Å². The number of benzene rings is 1. The van der Waals surface area contributed by atoms with E-state index in [1.165, 1.54) is 0 Å². The van der Waals surface area contributed by atoms with E-state index in [0.29, 0.717) is 24.3 Å². The molecule has 0 saturated carbocycles. The molecule has 150 valence electrons. The Morgan fingerprint density at radius 3 is 2.36 bits per heavy atom. The van der Waals surface area contributed by atoms with E-state index < -0.39 is 6.04 Å². The van der Waals surface area contributed by atoms with E-state index in [4.69, 9.17) is 4.74 Å². The molecule has 0 radical (unpaired) electrons. The van der Waals surface area contributed by atoms with Gasteiger partial charge < -0.3 is 20.3 Å². The van der Waals surface area contributed by atoms with E-state index in [-0.39, 0.29) is 24.0 Å². The van der Waals surface area contributed by atoms with E-state index in [1.807, 2.05) is 18.7 Å². The third kappa shape index (κ3) is 4.58. The van der Waals surface area contributed by atoms with Crippen LogP contribution in [0, 0.1) is 0 Å². The number of nitrogens with one attached hydrogen (secondary N) is 2. The van der Waals surface area contributed by atoms with Crippen molar-refractivity contribution in [3.8, 4) is 0 Å². The Balaban J connectivity index is 1.65. The summed E-state index contributed by atoms with van der Waals surface area (Å²) in [5.74, 6) is -0.214. The quantitative estimate of drug-likeness (QED) is 0.816. The summed E-state index contributed by atoms with van der Waals surface area (Å²) in [7, 11) is 3.53. The van der Waals surface area contributed by atoms with Crippen LogP contribution in [-0.2, 0) is 16.6 Å². The molecule has 3 unspecified atom stereocenters. The zero-order chi connectivity index (χ0) is 20.3. The van der Waals surface area contributed by atoms with Gasteiger partial charge in [0, 0.05) is 43.1 Å². The standard InChI is InChI=1S/C20H27N5O3/c1-13-10-25(11-14(2)28-13)20(27)15-5-7-17(8-6-15)23-19(26)18(21-3)16-9-22-24(4)12-16/h5-9,12-14,18,21H,10-11H2,1-4H3,(H,23,26). The lowest BCUT2D eigenvalue weighted by Crippen LogP contribution is -2.48. The number of aromatic nitrogens is 2. The number of ether oxygens (including phenoxy) is 1. The number of likely N-dealkylation sites (N-methyl/N-ethyl adjacent to an activating group) is 1. The van der Waals surface area contributed by atoms with Crippen molar-refractivity contribution >= 4 is 17.5 Å². The zero-order valence-corrected chi connectivity index (χ0v) is 16.7. The summed E-state index contributed by atoms with van der Waals surface area (Å²) in [4.78, 5) is 27.1.